The Morgan fingerprint density at radius 3 is 1.17 bits per heavy atom. The highest BCUT2D eigenvalue weighted by Gasteiger charge is 2.53. The highest BCUT2D eigenvalue weighted by Crippen LogP contribution is 2.66. The Kier molecular flexibility index (Phi) is 5.55. The van der Waals surface area contributed by atoms with Gasteiger partial charge in [-0.15, -0.1) is 0 Å². The summed E-state index contributed by atoms with van der Waals surface area (Å²) in [5.41, 5.74) is -0.0340. The highest BCUT2D eigenvalue weighted by molar-refractivity contribution is 7.96. The first-order valence-corrected chi connectivity index (χ1v) is 11.4. The molecule has 0 aliphatic carbocycles. The van der Waals surface area contributed by atoms with E-state index in [1.165, 1.54) is 0 Å². The second-order valence-corrected chi connectivity index (χ2v) is 10.4. The molecule has 0 spiro atoms. The van der Waals surface area contributed by atoms with Crippen molar-refractivity contribution in [1.82, 2.24) is 0 Å². The minimum Gasteiger partial charge on any atom is -0.545 e. The second-order valence-electron chi connectivity index (χ2n) is 6.86. The quantitative estimate of drug-likeness (QED) is 0.468. The van der Waals surface area contributed by atoms with Crippen molar-refractivity contribution in [3.05, 3.63) is 127 Å². The number of benzene rings is 4. The van der Waals surface area contributed by atoms with E-state index >= 15 is 0 Å². The van der Waals surface area contributed by atoms with E-state index in [9.17, 15) is 9.90 Å². The summed E-state index contributed by atoms with van der Waals surface area (Å²) in [5, 5.41) is 15.9. The van der Waals surface area contributed by atoms with Crippen LogP contribution in [0.5, 0.6) is 0 Å². The van der Waals surface area contributed by atoms with E-state index in [2.05, 4.69) is 0 Å². The maximum Gasteiger partial charge on any atom is 0.148 e. The Labute approximate surface area is 171 Å². The summed E-state index contributed by atoms with van der Waals surface area (Å²) < 4.78 is 0. The van der Waals surface area contributed by atoms with Gasteiger partial charge in [0.2, 0.25) is 0 Å². The molecule has 0 saturated carbocycles. The Hall–Kier alpha value is -3.22. The van der Waals surface area contributed by atoms with Gasteiger partial charge in [-0.1, -0.05) is 84.9 Å². The summed E-state index contributed by atoms with van der Waals surface area (Å²) in [6.45, 7) is 0. The van der Waals surface area contributed by atoms with Crippen LogP contribution in [0.25, 0.3) is 0 Å². The number of carbonyl (C=O) groups excluding carboxylic acids is 1. The largest absolute Gasteiger partial charge is 0.545 e. The van der Waals surface area contributed by atoms with Gasteiger partial charge in [0.25, 0.3) is 0 Å². The fourth-order valence-electron chi connectivity index (χ4n) is 4.04. The maximum atomic E-state index is 12.8. The Morgan fingerprint density at radius 1 is 0.552 bits per heavy atom. The molecule has 4 aromatic carbocycles. The number of carboxylic acid groups (broad SMARTS) is 1. The van der Waals surface area contributed by atoms with Crippen molar-refractivity contribution in [2.45, 2.75) is 5.66 Å². The molecular formula is C26H21O2P. The molecule has 29 heavy (non-hydrogen) atoms. The highest BCUT2D eigenvalue weighted by atomic mass is 31.2. The van der Waals surface area contributed by atoms with Gasteiger partial charge in [-0.25, -0.2) is 0 Å². The van der Waals surface area contributed by atoms with Crippen molar-refractivity contribution in [3.8, 4) is 0 Å². The first-order chi connectivity index (χ1) is 14.2. The fraction of sp³-hybridized carbons (Fsp3) is 0.0385. The molecule has 0 amide bonds. The molecule has 3 heteroatoms. The van der Waals surface area contributed by atoms with Gasteiger partial charge in [0, 0.05) is 0 Å². The molecule has 142 valence electrons. The van der Waals surface area contributed by atoms with E-state index in [1.807, 2.05) is 121 Å². The minimum absolute atomic E-state index is 0.761. The second kappa shape index (κ2) is 8.43. The van der Waals surface area contributed by atoms with Crippen molar-refractivity contribution in [2.75, 3.05) is 0 Å². The van der Waals surface area contributed by atoms with E-state index in [-0.39, 0.29) is 0 Å². The van der Waals surface area contributed by atoms with Crippen molar-refractivity contribution < 1.29 is 9.90 Å². The monoisotopic (exact) mass is 396 g/mol. The average molecular weight is 396 g/mol. The molecule has 2 nitrogen and oxygen atoms in total. The predicted octanol–water partition coefficient (Wildman–Crippen LogP) is 3.47. The van der Waals surface area contributed by atoms with Crippen LogP contribution in [0.3, 0.4) is 0 Å². The molecule has 0 saturated heterocycles. The standard InChI is InChI=1S/C26H21O2P/c27-26(28)25(21-13-5-1-6-14-21)29(22-15-7-2-8-16-22,23-17-9-3-10-18-23)24-19-11-4-12-20-24/h1-20,25H. The SMILES string of the molecule is O=C([O-])C(c1ccccc1)[P+](c1ccccc1)(c1ccccc1)c1ccccc1. The lowest BCUT2D eigenvalue weighted by molar-refractivity contribution is -0.305. The number of aliphatic carboxylic acids is 1. The van der Waals surface area contributed by atoms with Gasteiger partial charge in [-0.2, -0.15) is 0 Å². The molecule has 0 aromatic heterocycles. The average Bonchev–Trinajstić information content (AvgIpc) is 2.79. The first-order valence-electron chi connectivity index (χ1n) is 9.56. The lowest BCUT2D eigenvalue weighted by atomic mass is 10.1. The molecule has 1 unspecified atom stereocenters. The van der Waals surface area contributed by atoms with Gasteiger partial charge in [-0.3, -0.25) is 0 Å². The molecule has 0 bridgehead atoms. The van der Waals surface area contributed by atoms with Crippen LogP contribution in [-0.2, 0) is 4.79 Å². The zero-order valence-corrected chi connectivity index (χ0v) is 16.8. The minimum atomic E-state index is -2.60. The molecular weight excluding hydrogens is 375 g/mol. The van der Waals surface area contributed by atoms with Gasteiger partial charge in [0.05, 0.1) is 5.97 Å². The van der Waals surface area contributed by atoms with Gasteiger partial charge >= 0.3 is 0 Å². The van der Waals surface area contributed by atoms with Gasteiger partial charge in [-0.05, 0) is 42.0 Å². The molecule has 4 aromatic rings. The van der Waals surface area contributed by atoms with Crippen molar-refractivity contribution in [3.63, 3.8) is 0 Å². The molecule has 0 fully saturated rings. The number of rotatable bonds is 6. The van der Waals surface area contributed by atoms with Crippen LogP contribution in [0, 0.1) is 0 Å². The van der Waals surface area contributed by atoms with Crippen LogP contribution in [0.1, 0.15) is 11.2 Å². The van der Waals surface area contributed by atoms with Crippen LogP contribution in [0.4, 0.5) is 0 Å². The smallest absolute Gasteiger partial charge is 0.148 e. The maximum absolute atomic E-state index is 12.8. The zero-order valence-electron chi connectivity index (χ0n) is 15.9. The molecule has 0 N–H and O–H groups in total. The first kappa shape index (κ1) is 19.1. The van der Waals surface area contributed by atoms with E-state index in [1.54, 1.807) is 0 Å². The van der Waals surface area contributed by atoms with Gasteiger partial charge < -0.3 is 9.90 Å². The van der Waals surface area contributed by atoms with Crippen LogP contribution in [0.2, 0.25) is 0 Å². The van der Waals surface area contributed by atoms with Crippen LogP contribution < -0.4 is 21.0 Å². The summed E-state index contributed by atoms with van der Waals surface area (Å²) in [7, 11) is -2.60. The lowest BCUT2D eigenvalue weighted by Crippen LogP contribution is -2.42. The number of hydrogen-bond donors (Lipinski definition) is 0. The van der Waals surface area contributed by atoms with Crippen molar-refractivity contribution in [2.24, 2.45) is 0 Å². The van der Waals surface area contributed by atoms with Crippen LogP contribution >= 0.6 is 7.26 Å². The zero-order chi connectivity index (χ0) is 20.1. The normalized spacial score (nSPS) is 12.3. The third-order valence-electron chi connectivity index (χ3n) is 5.22. The summed E-state index contributed by atoms with van der Waals surface area (Å²) >= 11 is 0. The third kappa shape index (κ3) is 3.48. The summed E-state index contributed by atoms with van der Waals surface area (Å²) in [4.78, 5) is 12.8. The Bertz CT molecular complexity index is 968. The number of carbonyl (C=O) groups is 1. The number of hydrogen-bond acceptors (Lipinski definition) is 2. The summed E-state index contributed by atoms with van der Waals surface area (Å²) in [6, 6.07) is 39.5. The summed E-state index contributed by atoms with van der Waals surface area (Å²) in [5.74, 6) is -1.05. The van der Waals surface area contributed by atoms with Crippen molar-refractivity contribution >= 4 is 29.1 Å². The molecule has 1 atom stereocenters. The van der Waals surface area contributed by atoms with Crippen LogP contribution in [0.15, 0.2) is 121 Å². The number of carboxylic acids is 1. The van der Waals surface area contributed by atoms with E-state index in [4.69, 9.17) is 0 Å². The van der Waals surface area contributed by atoms with Gasteiger partial charge in [0.15, 0.2) is 0 Å². The molecule has 0 aliphatic rings. The van der Waals surface area contributed by atoms with Crippen LogP contribution in [-0.4, -0.2) is 5.97 Å². The van der Waals surface area contributed by atoms with E-state index in [0.717, 1.165) is 21.5 Å². The van der Waals surface area contributed by atoms with E-state index < -0.39 is 18.9 Å². The Balaban J connectivity index is 2.14. The lowest BCUT2D eigenvalue weighted by Gasteiger charge is -2.35. The molecule has 0 heterocycles. The van der Waals surface area contributed by atoms with E-state index in [0.29, 0.717) is 0 Å². The topological polar surface area (TPSA) is 40.1 Å². The summed E-state index contributed by atoms with van der Waals surface area (Å²) in [6.07, 6.45) is 0. The molecule has 4 rings (SSSR count). The molecule has 0 aliphatic heterocycles. The third-order valence-corrected chi connectivity index (χ3v) is 9.84. The fourth-order valence-corrected chi connectivity index (χ4v) is 8.69. The molecule has 0 radical (unpaired) electrons. The van der Waals surface area contributed by atoms with Gasteiger partial charge in [0.1, 0.15) is 28.8 Å². The predicted molar refractivity (Wildman–Crippen MR) is 119 cm³/mol. The van der Waals surface area contributed by atoms with Crippen molar-refractivity contribution in [1.29, 1.82) is 0 Å². The Morgan fingerprint density at radius 2 is 0.862 bits per heavy atom.